The molecule has 1 heterocycles. The van der Waals surface area contributed by atoms with Gasteiger partial charge in [-0.3, -0.25) is 10.1 Å². The zero-order valence-corrected chi connectivity index (χ0v) is 15.4. The minimum absolute atomic E-state index is 0.0209. The fourth-order valence-electron chi connectivity index (χ4n) is 1.97. The molecule has 0 fully saturated rings. The summed E-state index contributed by atoms with van der Waals surface area (Å²) in [6, 6.07) is 7.22. The third-order valence-corrected chi connectivity index (χ3v) is 4.08. The maximum atomic E-state index is 11.8. The van der Waals surface area contributed by atoms with Crippen LogP contribution >= 0.6 is 11.8 Å². The van der Waals surface area contributed by atoms with Crippen LogP contribution in [-0.2, 0) is 4.79 Å². The smallest absolute Gasteiger partial charge is 0.321 e. The first-order chi connectivity index (χ1) is 11.9. The third-order valence-electron chi connectivity index (χ3n) is 3.26. The van der Waals surface area contributed by atoms with E-state index in [9.17, 15) is 9.59 Å². The van der Waals surface area contributed by atoms with Gasteiger partial charge in [-0.15, -0.1) is 10.2 Å². The van der Waals surface area contributed by atoms with Gasteiger partial charge in [0.15, 0.2) is 0 Å². The summed E-state index contributed by atoms with van der Waals surface area (Å²) in [5, 5.41) is 13.1. The van der Waals surface area contributed by atoms with E-state index < -0.39 is 11.9 Å². The topological polar surface area (TPSA) is 97.1 Å². The Morgan fingerprint density at radius 3 is 2.80 bits per heavy atom. The number of hydrogen-bond donors (Lipinski definition) is 2. The molecule has 0 saturated heterocycles. The van der Waals surface area contributed by atoms with Crippen molar-refractivity contribution in [3.63, 3.8) is 0 Å². The monoisotopic (exact) mass is 362 g/mol. The van der Waals surface area contributed by atoms with Gasteiger partial charge in [-0.25, -0.2) is 4.79 Å². The molecule has 7 nitrogen and oxygen atoms in total. The van der Waals surface area contributed by atoms with E-state index in [1.54, 1.807) is 0 Å². The Labute approximate surface area is 151 Å². The number of rotatable bonds is 7. The standard InChI is InChI=1S/C17H22N4O3S/c1-11(2)7-8-18-16(23)19-14(22)10-25-17-21-20-15(24-17)13-6-4-5-12(3)9-13/h4-6,9,11H,7-8,10H2,1-3H3,(H2,18,19,22,23). The van der Waals surface area contributed by atoms with Gasteiger partial charge < -0.3 is 9.73 Å². The minimum Gasteiger partial charge on any atom is -0.411 e. The van der Waals surface area contributed by atoms with Gasteiger partial charge in [0.05, 0.1) is 5.75 Å². The molecule has 0 aliphatic heterocycles. The molecular formula is C17H22N4O3S. The summed E-state index contributed by atoms with van der Waals surface area (Å²) in [7, 11) is 0. The number of imide groups is 1. The molecule has 2 aromatic rings. The Balaban J connectivity index is 1.78. The van der Waals surface area contributed by atoms with Gasteiger partial charge in [0.2, 0.25) is 11.8 Å². The van der Waals surface area contributed by atoms with Crippen LogP contribution in [0.4, 0.5) is 4.79 Å². The summed E-state index contributed by atoms with van der Waals surface area (Å²) in [5.41, 5.74) is 1.92. The SMILES string of the molecule is Cc1cccc(-c2nnc(SCC(=O)NC(=O)NCCC(C)C)o2)c1. The lowest BCUT2D eigenvalue weighted by atomic mass is 10.1. The van der Waals surface area contributed by atoms with Gasteiger partial charge in [0.25, 0.3) is 5.22 Å². The van der Waals surface area contributed by atoms with Crippen LogP contribution in [0, 0.1) is 12.8 Å². The molecular weight excluding hydrogens is 340 g/mol. The molecule has 8 heteroatoms. The number of carbonyl (C=O) groups is 2. The van der Waals surface area contributed by atoms with E-state index in [4.69, 9.17) is 4.42 Å². The summed E-state index contributed by atoms with van der Waals surface area (Å²) in [5.74, 6) is 0.500. The number of urea groups is 1. The molecule has 0 bridgehead atoms. The highest BCUT2D eigenvalue weighted by molar-refractivity contribution is 7.99. The van der Waals surface area contributed by atoms with Gasteiger partial charge in [0.1, 0.15) is 0 Å². The largest absolute Gasteiger partial charge is 0.411 e. The van der Waals surface area contributed by atoms with Crippen molar-refractivity contribution in [2.75, 3.05) is 12.3 Å². The third kappa shape index (κ3) is 6.58. The van der Waals surface area contributed by atoms with Crippen molar-refractivity contribution in [1.82, 2.24) is 20.8 Å². The average Bonchev–Trinajstić information content (AvgIpc) is 3.01. The fourth-order valence-corrected chi connectivity index (χ4v) is 2.53. The van der Waals surface area contributed by atoms with Gasteiger partial charge in [-0.1, -0.05) is 43.3 Å². The molecule has 0 aliphatic carbocycles. The van der Waals surface area contributed by atoms with Crippen molar-refractivity contribution in [3.05, 3.63) is 29.8 Å². The van der Waals surface area contributed by atoms with Crippen LogP contribution in [0.1, 0.15) is 25.8 Å². The van der Waals surface area contributed by atoms with Crippen molar-refractivity contribution in [2.24, 2.45) is 5.92 Å². The highest BCUT2D eigenvalue weighted by atomic mass is 32.2. The fraction of sp³-hybridized carbons (Fsp3) is 0.412. The Kier molecular flexibility index (Phi) is 7.00. The second-order valence-corrected chi connectivity index (χ2v) is 6.94. The second-order valence-electron chi connectivity index (χ2n) is 6.02. The maximum absolute atomic E-state index is 11.8. The predicted molar refractivity (Wildman–Crippen MR) is 96.2 cm³/mol. The normalized spacial score (nSPS) is 10.7. The summed E-state index contributed by atoms with van der Waals surface area (Å²) < 4.78 is 5.53. The Morgan fingerprint density at radius 2 is 2.08 bits per heavy atom. The van der Waals surface area contributed by atoms with Gasteiger partial charge >= 0.3 is 6.03 Å². The van der Waals surface area contributed by atoms with Crippen molar-refractivity contribution in [3.8, 4) is 11.5 Å². The Morgan fingerprint density at radius 1 is 1.28 bits per heavy atom. The number of hydrogen-bond acceptors (Lipinski definition) is 6. The molecule has 3 amide bonds. The zero-order chi connectivity index (χ0) is 18.2. The van der Waals surface area contributed by atoms with Crippen LogP contribution in [0.15, 0.2) is 33.9 Å². The van der Waals surface area contributed by atoms with Gasteiger partial charge in [-0.2, -0.15) is 0 Å². The molecule has 0 radical (unpaired) electrons. The van der Waals surface area contributed by atoms with E-state index in [-0.39, 0.29) is 11.0 Å². The van der Waals surface area contributed by atoms with E-state index in [2.05, 4.69) is 34.7 Å². The summed E-state index contributed by atoms with van der Waals surface area (Å²) in [6.45, 7) is 6.65. The average molecular weight is 362 g/mol. The molecule has 1 aromatic heterocycles. The number of carbonyl (C=O) groups excluding carboxylic acids is 2. The Bertz CT molecular complexity index is 730. The number of thioether (sulfide) groups is 1. The molecule has 25 heavy (non-hydrogen) atoms. The maximum Gasteiger partial charge on any atom is 0.321 e. The number of nitrogens with zero attached hydrogens (tertiary/aromatic N) is 2. The van der Waals surface area contributed by atoms with Crippen LogP contribution in [0.2, 0.25) is 0 Å². The van der Waals surface area contributed by atoms with Crippen LogP contribution in [0.3, 0.4) is 0 Å². The first kappa shape index (κ1) is 19.0. The van der Waals surface area contributed by atoms with Crippen molar-refractivity contribution >= 4 is 23.7 Å². The molecule has 0 atom stereocenters. The first-order valence-electron chi connectivity index (χ1n) is 8.05. The van der Waals surface area contributed by atoms with Crippen molar-refractivity contribution in [1.29, 1.82) is 0 Å². The first-order valence-corrected chi connectivity index (χ1v) is 9.03. The Hall–Kier alpha value is -2.35. The van der Waals surface area contributed by atoms with Crippen LogP contribution < -0.4 is 10.6 Å². The van der Waals surface area contributed by atoms with E-state index in [1.807, 2.05) is 31.2 Å². The lowest BCUT2D eigenvalue weighted by Gasteiger charge is -2.07. The van der Waals surface area contributed by atoms with Crippen LogP contribution in [-0.4, -0.2) is 34.4 Å². The van der Waals surface area contributed by atoms with Crippen LogP contribution in [0.5, 0.6) is 0 Å². The molecule has 0 saturated carbocycles. The second kappa shape index (κ2) is 9.22. The van der Waals surface area contributed by atoms with E-state index in [0.29, 0.717) is 18.4 Å². The number of amides is 3. The minimum atomic E-state index is -0.489. The van der Waals surface area contributed by atoms with Crippen molar-refractivity contribution in [2.45, 2.75) is 32.4 Å². The summed E-state index contributed by atoms with van der Waals surface area (Å²) in [6.07, 6.45) is 0.861. The van der Waals surface area contributed by atoms with Gasteiger partial charge in [-0.05, 0) is 31.4 Å². The molecule has 0 unspecified atom stereocenters. The van der Waals surface area contributed by atoms with E-state index in [1.165, 1.54) is 0 Å². The quantitative estimate of drug-likeness (QED) is 0.735. The summed E-state index contributed by atoms with van der Waals surface area (Å²) in [4.78, 5) is 23.3. The van der Waals surface area contributed by atoms with Crippen LogP contribution in [0.25, 0.3) is 11.5 Å². The lowest BCUT2D eigenvalue weighted by molar-refractivity contribution is -0.117. The number of benzene rings is 1. The molecule has 0 spiro atoms. The molecule has 0 aliphatic rings. The molecule has 134 valence electrons. The van der Waals surface area contributed by atoms with E-state index >= 15 is 0 Å². The zero-order valence-electron chi connectivity index (χ0n) is 14.5. The molecule has 1 aromatic carbocycles. The number of aryl methyl sites for hydroxylation is 1. The lowest BCUT2D eigenvalue weighted by Crippen LogP contribution is -2.40. The summed E-state index contributed by atoms with van der Waals surface area (Å²) >= 11 is 1.09. The van der Waals surface area contributed by atoms with Crippen molar-refractivity contribution < 1.29 is 14.0 Å². The molecule has 2 N–H and O–H groups in total. The highest BCUT2D eigenvalue weighted by Gasteiger charge is 2.13. The number of aromatic nitrogens is 2. The van der Waals surface area contributed by atoms with Gasteiger partial charge in [0, 0.05) is 12.1 Å². The predicted octanol–water partition coefficient (Wildman–Crippen LogP) is 3.01. The highest BCUT2D eigenvalue weighted by Crippen LogP contribution is 2.23. The number of nitrogens with one attached hydrogen (secondary N) is 2. The molecule has 2 rings (SSSR count). The van der Waals surface area contributed by atoms with E-state index in [0.717, 1.165) is 29.3 Å².